The van der Waals surface area contributed by atoms with Gasteiger partial charge in [0, 0.05) is 28.5 Å². The number of unbranched alkanes of at least 4 members (excludes halogenated alkanes) is 17. The fraction of sp³-hybridized carbons (Fsp3) is 0.446. The largest absolute Gasteiger partial charge is 0.492 e. The molecule has 4 nitrogen and oxygen atoms in total. The summed E-state index contributed by atoms with van der Waals surface area (Å²) in [7, 11) is 0. The molecule has 324 valence electrons. The molecular formula is C56H73CrN3O. The number of aliphatic imine (C=N–C) groups is 2. The van der Waals surface area contributed by atoms with Crippen LogP contribution in [0.25, 0.3) is 22.3 Å². The minimum Gasteiger partial charge on any atom is -0.492 e. The van der Waals surface area contributed by atoms with Gasteiger partial charge in [0.1, 0.15) is 5.75 Å². The van der Waals surface area contributed by atoms with Gasteiger partial charge in [-0.3, -0.25) is 9.98 Å². The van der Waals surface area contributed by atoms with E-state index in [0.29, 0.717) is 6.61 Å². The second kappa shape index (κ2) is 27.6. The zero-order valence-corrected chi connectivity index (χ0v) is 39.7. The van der Waals surface area contributed by atoms with Crippen molar-refractivity contribution in [1.29, 1.82) is 0 Å². The van der Waals surface area contributed by atoms with Crippen molar-refractivity contribution in [1.82, 2.24) is 4.98 Å². The first kappa shape index (κ1) is 49.4. The molecule has 0 saturated carbocycles. The fourth-order valence-corrected chi connectivity index (χ4v) is 8.34. The summed E-state index contributed by atoms with van der Waals surface area (Å²) >= 11 is 0. The SMILES string of the molecule is CCCCCCCCCCCCCCCCCCCCOc1c(-c2ccccc2)cc(N=C(C)c2cccc(C(C)=Nc3c(C)cc(C)cc3C)n2)cc1-c1ccccc1.[Cr]. The van der Waals surface area contributed by atoms with Gasteiger partial charge in [0.15, 0.2) is 0 Å². The molecule has 0 saturated heterocycles. The van der Waals surface area contributed by atoms with E-state index < -0.39 is 0 Å². The van der Waals surface area contributed by atoms with Crippen molar-refractivity contribution >= 4 is 22.8 Å². The molecule has 0 bridgehead atoms. The third-order valence-electron chi connectivity index (χ3n) is 11.7. The number of benzene rings is 4. The molecule has 61 heavy (non-hydrogen) atoms. The van der Waals surface area contributed by atoms with Crippen LogP contribution in [0, 0.1) is 20.8 Å². The van der Waals surface area contributed by atoms with Crippen LogP contribution in [0.4, 0.5) is 11.4 Å². The van der Waals surface area contributed by atoms with E-state index in [1.807, 2.05) is 32.0 Å². The molecule has 0 aliphatic heterocycles. The molecule has 0 fully saturated rings. The van der Waals surface area contributed by atoms with Crippen LogP contribution in [0.15, 0.2) is 113 Å². The molecule has 0 radical (unpaired) electrons. The van der Waals surface area contributed by atoms with Gasteiger partial charge in [0.05, 0.1) is 40.8 Å². The summed E-state index contributed by atoms with van der Waals surface area (Å²) < 4.78 is 6.79. The van der Waals surface area contributed by atoms with Gasteiger partial charge in [-0.25, -0.2) is 4.98 Å². The van der Waals surface area contributed by atoms with Crippen LogP contribution >= 0.6 is 0 Å². The van der Waals surface area contributed by atoms with Crippen LogP contribution in [0.2, 0.25) is 0 Å². The molecule has 5 rings (SSSR count). The number of nitrogens with zero attached hydrogens (tertiary/aromatic N) is 3. The molecule has 1 heterocycles. The van der Waals surface area contributed by atoms with Crippen molar-refractivity contribution in [3.63, 3.8) is 0 Å². The summed E-state index contributed by atoms with van der Waals surface area (Å²) in [6.07, 6.45) is 24.6. The van der Waals surface area contributed by atoms with E-state index in [9.17, 15) is 0 Å². The van der Waals surface area contributed by atoms with Gasteiger partial charge < -0.3 is 4.74 Å². The molecule has 0 aliphatic rings. The Balaban J connectivity index is 0.00000819. The van der Waals surface area contributed by atoms with E-state index in [2.05, 4.69) is 113 Å². The Labute approximate surface area is 381 Å². The van der Waals surface area contributed by atoms with Crippen molar-refractivity contribution in [2.45, 2.75) is 157 Å². The summed E-state index contributed by atoms with van der Waals surface area (Å²) in [6, 6.07) is 36.0. The molecule has 0 aliphatic carbocycles. The van der Waals surface area contributed by atoms with Gasteiger partial charge in [0.2, 0.25) is 0 Å². The Hall–Kier alpha value is -4.30. The van der Waals surface area contributed by atoms with Gasteiger partial charge in [-0.2, -0.15) is 0 Å². The number of hydrogen-bond acceptors (Lipinski definition) is 4. The normalized spacial score (nSPS) is 11.8. The Morgan fingerprint density at radius 3 is 1.34 bits per heavy atom. The average Bonchev–Trinajstić information content (AvgIpc) is 3.26. The summed E-state index contributed by atoms with van der Waals surface area (Å²) in [5, 5.41) is 0. The van der Waals surface area contributed by atoms with Crippen LogP contribution < -0.4 is 4.74 Å². The maximum Gasteiger partial charge on any atom is 0.135 e. The summed E-state index contributed by atoms with van der Waals surface area (Å²) in [5.74, 6) is 0.921. The van der Waals surface area contributed by atoms with Crippen LogP contribution in [0.3, 0.4) is 0 Å². The molecular weight excluding hydrogens is 783 g/mol. The number of hydrogen-bond donors (Lipinski definition) is 0. The van der Waals surface area contributed by atoms with E-state index in [1.165, 1.54) is 126 Å². The number of rotatable bonds is 26. The molecule has 1 aromatic heterocycles. The maximum absolute atomic E-state index is 6.79. The van der Waals surface area contributed by atoms with E-state index in [0.717, 1.165) is 68.6 Å². The van der Waals surface area contributed by atoms with Crippen molar-refractivity contribution < 1.29 is 22.1 Å². The molecule has 0 atom stereocenters. The molecule has 0 unspecified atom stereocenters. The van der Waals surface area contributed by atoms with Gasteiger partial charge in [-0.05, 0) is 87.6 Å². The van der Waals surface area contributed by atoms with Crippen molar-refractivity contribution in [3.05, 3.63) is 131 Å². The third-order valence-corrected chi connectivity index (χ3v) is 11.7. The zero-order valence-electron chi connectivity index (χ0n) is 38.4. The van der Waals surface area contributed by atoms with Crippen LogP contribution in [0.5, 0.6) is 5.75 Å². The van der Waals surface area contributed by atoms with Gasteiger partial charge in [-0.1, -0.05) is 201 Å². The van der Waals surface area contributed by atoms with Gasteiger partial charge >= 0.3 is 0 Å². The summed E-state index contributed by atoms with van der Waals surface area (Å²) in [4.78, 5) is 15.3. The third kappa shape index (κ3) is 16.5. The monoisotopic (exact) mass is 856 g/mol. The molecule has 5 aromatic rings. The second-order valence-electron chi connectivity index (χ2n) is 17.0. The Kier molecular flexibility index (Phi) is 22.3. The van der Waals surface area contributed by atoms with E-state index in [4.69, 9.17) is 19.7 Å². The first-order valence-corrected chi connectivity index (χ1v) is 23.4. The molecule has 0 spiro atoms. The zero-order chi connectivity index (χ0) is 42.4. The van der Waals surface area contributed by atoms with Crippen molar-refractivity contribution in [2.75, 3.05) is 6.61 Å². The Morgan fingerprint density at radius 1 is 0.492 bits per heavy atom. The topological polar surface area (TPSA) is 46.8 Å². The minimum atomic E-state index is 0. The molecule has 0 amide bonds. The van der Waals surface area contributed by atoms with Crippen LogP contribution in [-0.4, -0.2) is 23.0 Å². The Bertz CT molecular complexity index is 2000. The summed E-state index contributed by atoms with van der Waals surface area (Å²) in [6.45, 7) is 13.4. The fourth-order valence-electron chi connectivity index (χ4n) is 8.34. The molecule has 5 heteroatoms. The predicted molar refractivity (Wildman–Crippen MR) is 260 cm³/mol. The van der Waals surface area contributed by atoms with Crippen LogP contribution in [0.1, 0.15) is 164 Å². The standard InChI is InChI=1S/C56H73N3O.Cr/c1-7-8-9-10-11-12-13-14-15-16-17-18-19-20-21-22-23-30-38-60-56-51(48-32-26-24-27-33-48)41-50(42-52(56)49-34-28-25-29-35-49)57-46(5)53-36-31-37-54(59-53)47(6)58-55-44(3)39-43(2)40-45(55)4;/h24-29,31-37,39-42H,7-23,30,38H2,1-6H3;. The molecule has 4 aromatic carbocycles. The van der Waals surface area contributed by atoms with E-state index in [1.54, 1.807) is 0 Å². The van der Waals surface area contributed by atoms with Crippen molar-refractivity contribution in [2.24, 2.45) is 9.98 Å². The minimum absolute atomic E-state index is 0. The van der Waals surface area contributed by atoms with Gasteiger partial charge in [-0.15, -0.1) is 0 Å². The number of aryl methyl sites for hydroxylation is 3. The Morgan fingerprint density at radius 2 is 0.902 bits per heavy atom. The smallest absolute Gasteiger partial charge is 0.135 e. The predicted octanol–water partition coefficient (Wildman–Crippen LogP) is 17.0. The van der Waals surface area contributed by atoms with Crippen LogP contribution in [-0.2, 0) is 17.4 Å². The second-order valence-corrected chi connectivity index (χ2v) is 17.0. The van der Waals surface area contributed by atoms with Gasteiger partial charge in [0.25, 0.3) is 0 Å². The van der Waals surface area contributed by atoms with E-state index >= 15 is 0 Å². The molecule has 0 N–H and O–H groups in total. The van der Waals surface area contributed by atoms with E-state index in [-0.39, 0.29) is 17.4 Å². The average molecular weight is 856 g/mol. The maximum atomic E-state index is 6.79. The summed E-state index contributed by atoms with van der Waals surface area (Å²) in [5.41, 5.74) is 13.2. The quantitative estimate of drug-likeness (QED) is 0.0411. The number of pyridine rings is 1. The number of ether oxygens (including phenoxy) is 1. The first-order chi connectivity index (χ1) is 29.3. The van der Waals surface area contributed by atoms with Crippen molar-refractivity contribution in [3.8, 4) is 28.0 Å². The number of aromatic nitrogens is 1. The first-order valence-electron chi connectivity index (χ1n) is 23.4.